The van der Waals surface area contributed by atoms with Crippen molar-refractivity contribution in [2.45, 2.75) is 13.8 Å². The van der Waals surface area contributed by atoms with Gasteiger partial charge in [-0.05, 0) is 12.1 Å². The molecule has 1 aromatic rings. The number of rotatable bonds is 4. The van der Waals surface area contributed by atoms with E-state index in [-0.39, 0.29) is 0 Å². The van der Waals surface area contributed by atoms with Crippen molar-refractivity contribution in [3.63, 3.8) is 0 Å². The van der Waals surface area contributed by atoms with E-state index in [1.165, 1.54) is 0 Å². The number of hydrogen-bond acceptors (Lipinski definition) is 2. The fourth-order valence-electron chi connectivity index (χ4n) is 0.760. The maximum absolute atomic E-state index is 5.32. The third-order valence-electron chi connectivity index (χ3n) is 1.30. The molecule has 0 aromatic heterocycles. The first-order valence-electron chi connectivity index (χ1n) is 4.60. The summed E-state index contributed by atoms with van der Waals surface area (Å²) in [5.41, 5.74) is 0. The summed E-state index contributed by atoms with van der Waals surface area (Å²) in [7, 11) is 1.66. The largest absolute Gasteiger partial charge is 0.491 e. The molecule has 0 amide bonds. The van der Waals surface area contributed by atoms with Crippen molar-refractivity contribution in [3.05, 3.63) is 30.3 Å². The number of ether oxygens (including phenoxy) is 2. The lowest BCUT2D eigenvalue weighted by atomic mass is 10.3. The van der Waals surface area contributed by atoms with Gasteiger partial charge in [0.15, 0.2) is 0 Å². The van der Waals surface area contributed by atoms with E-state index in [0.717, 1.165) is 5.75 Å². The van der Waals surface area contributed by atoms with Gasteiger partial charge in [0, 0.05) is 7.11 Å². The summed E-state index contributed by atoms with van der Waals surface area (Å²) in [6, 6.07) is 9.71. The molecule has 0 heterocycles. The molecular weight excluding hydrogens is 164 g/mol. The van der Waals surface area contributed by atoms with E-state index in [1.807, 2.05) is 44.2 Å². The highest BCUT2D eigenvalue weighted by atomic mass is 16.5. The van der Waals surface area contributed by atoms with Crippen LogP contribution in [0.2, 0.25) is 0 Å². The average Bonchev–Trinajstić information content (AvgIpc) is 2.23. The first kappa shape index (κ1) is 12.0. The van der Waals surface area contributed by atoms with Crippen molar-refractivity contribution >= 4 is 0 Å². The fourth-order valence-corrected chi connectivity index (χ4v) is 0.760. The van der Waals surface area contributed by atoms with Crippen LogP contribution in [0.5, 0.6) is 5.75 Å². The Labute approximate surface area is 80.5 Å². The Balaban J connectivity index is 0.000000671. The summed E-state index contributed by atoms with van der Waals surface area (Å²) in [6.45, 7) is 5.25. The highest BCUT2D eigenvalue weighted by Crippen LogP contribution is 2.07. The van der Waals surface area contributed by atoms with Gasteiger partial charge in [-0.15, -0.1) is 0 Å². The molecule has 0 spiro atoms. The van der Waals surface area contributed by atoms with E-state index in [0.29, 0.717) is 13.2 Å². The molecule has 74 valence electrons. The molecule has 2 heteroatoms. The standard InChI is InChI=1S/C9H12O2.C2H6/c1-10-7-8-11-9-5-3-2-4-6-9;1-2/h2-6H,7-8H2,1H3;1-2H3. The maximum Gasteiger partial charge on any atom is 0.119 e. The quantitative estimate of drug-likeness (QED) is 0.666. The van der Waals surface area contributed by atoms with Crippen LogP contribution in [0.3, 0.4) is 0 Å². The van der Waals surface area contributed by atoms with Crippen molar-refractivity contribution in [2.24, 2.45) is 0 Å². The highest BCUT2D eigenvalue weighted by molar-refractivity contribution is 5.20. The molecule has 1 aromatic carbocycles. The van der Waals surface area contributed by atoms with Gasteiger partial charge in [0.05, 0.1) is 6.61 Å². The van der Waals surface area contributed by atoms with Gasteiger partial charge in [-0.2, -0.15) is 0 Å². The van der Waals surface area contributed by atoms with Crippen molar-refractivity contribution in [3.8, 4) is 5.75 Å². The van der Waals surface area contributed by atoms with Gasteiger partial charge in [-0.25, -0.2) is 0 Å². The molecular formula is C11H18O2. The predicted molar refractivity (Wildman–Crippen MR) is 55.2 cm³/mol. The Bertz CT molecular complexity index is 185. The summed E-state index contributed by atoms with van der Waals surface area (Å²) >= 11 is 0. The Morgan fingerprint density at radius 3 is 2.15 bits per heavy atom. The Morgan fingerprint density at radius 2 is 1.62 bits per heavy atom. The van der Waals surface area contributed by atoms with Crippen LogP contribution < -0.4 is 4.74 Å². The van der Waals surface area contributed by atoms with E-state index in [4.69, 9.17) is 9.47 Å². The molecule has 0 atom stereocenters. The van der Waals surface area contributed by atoms with E-state index < -0.39 is 0 Å². The van der Waals surface area contributed by atoms with Gasteiger partial charge in [0.25, 0.3) is 0 Å². The summed E-state index contributed by atoms with van der Waals surface area (Å²) in [4.78, 5) is 0. The molecule has 0 saturated heterocycles. The monoisotopic (exact) mass is 182 g/mol. The minimum Gasteiger partial charge on any atom is -0.491 e. The highest BCUT2D eigenvalue weighted by Gasteiger charge is 1.88. The zero-order valence-corrected chi connectivity index (χ0v) is 8.62. The van der Waals surface area contributed by atoms with Crippen LogP contribution in [0, 0.1) is 0 Å². The molecule has 0 aliphatic rings. The van der Waals surface area contributed by atoms with Crippen molar-refractivity contribution in [1.29, 1.82) is 0 Å². The Hall–Kier alpha value is -1.02. The average molecular weight is 182 g/mol. The van der Waals surface area contributed by atoms with E-state index >= 15 is 0 Å². The lowest BCUT2D eigenvalue weighted by Crippen LogP contribution is -2.03. The van der Waals surface area contributed by atoms with E-state index in [2.05, 4.69) is 0 Å². The number of hydrogen-bond donors (Lipinski definition) is 0. The fraction of sp³-hybridized carbons (Fsp3) is 0.455. The van der Waals surface area contributed by atoms with Gasteiger partial charge in [0.1, 0.15) is 12.4 Å². The van der Waals surface area contributed by atoms with Crippen LogP contribution in [-0.4, -0.2) is 20.3 Å². The maximum atomic E-state index is 5.32. The van der Waals surface area contributed by atoms with Crippen molar-refractivity contribution < 1.29 is 9.47 Å². The summed E-state index contributed by atoms with van der Waals surface area (Å²) in [5.74, 6) is 0.893. The SMILES string of the molecule is CC.COCCOc1ccccc1. The molecule has 2 nitrogen and oxygen atoms in total. The minimum absolute atomic E-state index is 0.612. The van der Waals surface area contributed by atoms with Crippen LogP contribution in [0.1, 0.15) is 13.8 Å². The molecule has 0 aliphatic carbocycles. The molecule has 13 heavy (non-hydrogen) atoms. The third-order valence-corrected chi connectivity index (χ3v) is 1.30. The molecule has 1 rings (SSSR count). The van der Waals surface area contributed by atoms with Crippen molar-refractivity contribution in [1.82, 2.24) is 0 Å². The molecule has 0 unspecified atom stereocenters. The molecule has 0 radical (unpaired) electrons. The first-order valence-corrected chi connectivity index (χ1v) is 4.60. The topological polar surface area (TPSA) is 18.5 Å². The van der Waals surface area contributed by atoms with Gasteiger partial charge in [-0.3, -0.25) is 0 Å². The minimum atomic E-state index is 0.612. The molecule has 0 aliphatic heterocycles. The van der Waals surface area contributed by atoms with Crippen LogP contribution in [0.15, 0.2) is 30.3 Å². The first-order chi connectivity index (χ1) is 6.43. The Morgan fingerprint density at radius 1 is 1.00 bits per heavy atom. The van der Waals surface area contributed by atoms with Crippen LogP contribution in [-0.2, 0) is 4.74 Å². The second-order valence-electron chi connectivity index (χ2n) is 2.15. The zero-order valence-electron chi connectivity index (χ0n) is 8.62. The summed E-state index contributed by atoms with van der Waals surface area (Å²) in [6.07, 6.45) is 0. The lowest BCUT2D eigenvalue weighted by Gasteiger charge is -2.03. The van der Waals surface area contributed by atoms with E-state index in [9.17, 15) is 0 Å². The number of methoxy groups -OCH3 is 1. The second-order valence-corrected chi connectivity index (χ2v) is 2.15. The Kier molecular flexibility index (Phi) is 8.36. The molecule has 0 bridgehead atoms. The van der Waals surface area contributed by atoms with Crippen molar-refractivity contribution in [2.75, 3.05) is 20.3 Å². The molecule has 0 fully saturated rings. The van der Waals surface area contributed by atoms with Crippen LogP contribution in [0.25, 0.3) is 0 Å². The predicted octanol–water partition coefficient (Wildman–Crippen LogP) is 2.74. The third kappa shape index (κ3) is 6.17. The van der Waals surface area contributed by atoms with Gasteiger partial charge in [-0.1, -0.05) is 32.0 Å². The lowest BCUT2D eigenvalue weighted by molar-refractivity contribution is 0.146. The smallest absolute Gasteiger partial charge is 0.119 e. The summed E-state index contributed by atoms with van der Waals surface area (Å²) in [5, 5.41) is 0. The molecule has 0 N–H and O–H groups in total. The van der Waals surface area contributed by atoms with Crippen LogP contribution in [0.4, 0.5) is 0 Å². The number of para-hydroxylation sites is 1. The van der Waals surface area contributed by atoms with E-state index in [1.54, 1.807) is 7.11 Å². The van der Waals surface area contributed by atoms with Gasteiger partial charge >= 0.3 is 0 Å². The second kappa shape index (κ2) is 9.07. The van der Waals surface area contributed by atoms with Crippen LogP contribution >= 0.6 is 0 Å². The van der Waals surface area contributed by atoms with Gasteiger partial charge in [0.2, 0.25) is 0 Å². The number of benzene rings is 1. The normalized spacial score (nSPS) is 8.54. The summed E-state index contributed by atoms with van der Waals surface area (Å²) < 4.78 is 10.2. The molecule has 0 saturated carbocycles. The van der Waals surface area contributed by atoms with Gasteiger partial charge < -0.3 is 9.47 Å². The zero-order chi connectivity index (χ0) is 9.94.